The first kappa shape index (κ1) is 23.6. The number of rotatable bonds is 7. The van der Waals surface area contributed by atoms with Gasteiger partial charge in [0.15, 0.2) is 5.75 Å². The van der Waals surface area contributed by atoms with Crippen molar-refractivity contribution in [2.24, 2.45) is 0 Å². The van der Waals surface area contributed by atoms with E-state index in [0.717, 1.165) is 53.7 Å². The summed E-state index contributed by atoms with van der Waals surface area (Å²) in [5, 5.41) is 13.0. The van der Waals surface area contributed by atoms with E-state index in [1.807, 2.05) is 25.1 Å². The molecule has 184 valence electrons. The second-order valence-electron chi connectivity index (χ2n) is 9.65. The van der Waals surface area contributed by atoms with E-state index in [1.165, 1.54) is 11.1 Å². The quantitative estimate of drug-likeness (QED) is 0.458. The van der Waals surface area contributed by atoms with E-state index in [0.29, 0.717) is 29.1 Å². The lowest BCUT2D eigenvalue weighted by Crippen LogP contribution is -2.36. The summed E-state index contributed by atoms with van der Waals surface area (Å²) in [6.07, 6.45) is 6.16. The Balaban J connectivity index is 1.64. The predicted octanol–water partition coefficient (Wildman–Crippen LogP) is 3.90. The molecule has 1 atom stereocenters. The minimum absolute atomic E-state index is 0.00867. The Morgan fingerprint density at radius 1 is 1.23 bits per heavy atom. The van der Waals surface area contributed by atoms with Gasteiger partial charge in [0.05, 0.1) is 30.6 Å². The van der Waals surface area contributed by atoms with Crippen LogP contribution in [0.2, 0.25) is 0 Å². The SMILES string of the molecule is COc1c(-c2cc3c(s2)CCCC3NC(=O)CN(C)C)c(C2CC2)cc2c(=O)c(C(=O)O)c[nH]c12. The van der Waals surface area contributed by atoms with Crippen LogP contribution in [0.15, 0.2) is 23.1 Å². The van der Waals surface area contributed by atoms with Gasteiger partial charge >= 0.3 is 5.97 Å². The highest BCUT2D eigenvalue weighted by Crippen LogP contribution is 2.52. The summed E-state index contributed by atoms with van der Waals surface area (Å²) in [6, 6.07) is 3.99. The van der Waals surface area contributed by atoms with Crippen molar-refractivity contribution in [3.8, 4) is 16.2 Å². The van der Waals surface area contributed by atoms with Crippen molar-refractivity contribution in [2.45, 2.75) is 44.1 Å². The Morgan fingerprint density at radius 2 is 2.00 bits per heavy atom. The van der Waals surface area contributed by atoms with Gasteiger partial charge < -0.3 is 25.0 Å². The molecule has 0 radical (unpaired) electrons. The van der Waals surface area contributed by atoms with Gasteiger partial charge in [0, 0.05) is 21.5 Å². The Kier molecular flexibility index (Phi) is 6.14. The number of benzene rings is 1. The molecule has 2 heterocycles. The monoisotopic (exact) mass is 495 g/mol. The highest BCUT2D eigenvalue weighted by Gasteiger charge is 2.33. The summed E-state index contributed by atoms with van der Waals surface area (Å²) in [6.45, 7) is 0.346. The number of nitrogens with one attached hydrogen (secondary N) is 2. The van der Waals surface area contributed by atoms with E-state index >= 15 is 0 Å². The minimum atomic E-state index is -1.25. The number of aromatic nitrogens is 1. The lowest BCUT2D eigenvalue weighted by Gasteiger charge is -2.24. The fraction of sp³-hybridized carbons (Fsp3) is 0.423. The van der Waals surface area contributed by atoms with Crippen LogP contribution in [-0.4, -0.2) is 54.6 Å². The molecule has 0 spiro atoms. The van der Waals surface area contributed by atoms with Crippen molar-refractivity contribution in [1.29, 1.82) is 0 Å². The van der Waals surface area contributed by atoms with E-state index < -0.39 is 11.4 Å². The second kappa shape index (κ2) is 9.13. The van der Waals surface area contributed by atoms with Crippen LogP contribution in [0.25, 0.3) is 21.3 Å². The number of carbonyl (C=O) groups is 2. The van der Waals surface area contributed by atoms with Gasteiger partial charge in [-0.3, -0.25) is 9.59 Å². The molecule has 1 aromatic carbocycles. The Hall–Kier alpha value is -3.17. The fourth-order valence-corrected chi connectivity index (χ4v) is 6.37. The standard InChI is InChI=1S/C26H29N3O5S/c1-29(2)12-21(30)28-18-5-4-6-19-15(18)10-20(35-19)22-14(13-7-8-13)9-16-23(25(22)34-3)27-11-17(24(16)31)26(32)33/h9-11,13,18H,4-8,12H2,1-3H3,(H,27,31)(H,28,30)(H,32,33). The summed E-state index contributed by atoms with van der Waals surface area (Å²) >= 11 is 1.72. The summed E-state index contributed by atoms with van der Waals surface area (Å²) in [4.78, 5) is 44.1. The van der Waals surface area contributed by atoms with Crippen molar-refractivity contribution in [2.75, 3.05) is 27.7 Å². The Morgan fingerprint density at radius 3 is 2.66 bits per heavy atom. The normalized spacial score (nSPS) is 17.4. The highest BCUT2D eigenvalue weighted by molar-refractivity contribution is 7.15. The van der Waals surface area contributed by atoms with E-state index in [4.69, 9.17) is 4.74 Å². The first-order valence-corrected chi connectivity index (χ1v) is 12.7. The molecule has 0 bridgehead atoms. The number of carbonyl (C=O) groups excluding carboxylic acids is 1. The molecule has 0 saturated heterocycles. The number of hydrogen-bond donors (Lipinski definition) is 3. The van der Waals surface area contributed by atoms with Crippen molar-refractivity contribution in [1.82, 2.24) is 15.2 Å². The molecular formula is C26H29N3O5S. The van der Waals surface area contributed by atoms with Crippen molar-refractivity contribution < 1.29 is 19.4 Å². The number of aryl methyl sites for hydroxylation is 1. The molecule has 8 nitrogen and oxygen atoms in total. The molecular weight excluding hydrogens is 466 g/mol. The molecule has 2 aromatic heterocycles. The molecule has 1 fully saturated rings. The lowest BCUT2D eigenvalue weighted by molar-refractivity contribution is -0.122. The number of nitrogens with zero attached hydrogens (tertiary/aromatic N) is 1. The zero-order chi connectivity index (χ0) is 24.9. The van der Waals surface area contributed by atoms with E-state index in [1.54, 1.807) is 18.4 Å². The smallest absolute Gasteiger partial charge is 0.341 e. The molecule has 3 aromatic rings. The zero-order valence-corrected chi connectivity index (χ0v) is 20.9. The number of amides is 1. The van der Waals surface area contributed by atoms with Crippen LogP contribution < -0.4 is 15.5 Å². The maximum absolute atomic E-state index is 13.0. The molecule has 1 amide bonds. The molecule has 0 aliphatic heterocycles. The number of methoxy groups -OCH3 is 1. The van der Waals surface area contributed by atoms with Crippen LogP contribution in [0.5, 0.6) is 5.75 Å². The van der Waals surface area contributed by atoms with E-state index in [9.17, 15) is 19.5 Å². The van der Waals surface area contributed by atoms with Gasteiger partial charge in [0.25, 0.3) is 0 Å². The number of aromatic amines is 1. The van der Waals surface area contributed by atoms with Gasteiger partial charge in [0.2, 0.25) is 11.3 Å². The molecule has 5 rings (SSSR count). The van der Waals surface area contributed by atoms with Gasteiger partial charge in [-0.1, -0.05) is 0 Å². The number of carboxylic acids is 1. The van der Waals surface area contributed by atoms with Gasteiger partial charge in [-0.15, -0.1) is 11.3 Å². The van der Waals surface area contributed by atoms with E-state index in [2.05, 4.69) is 16.4 Å². The third-order valence-electron chi connectivity index (χ3n) is 6.77. The molecule has 35 heavy (non-hydrogen) atoms. The molecule has 2 aliphatic carbocycles. The molecule has 9 heteroatoms. The van der Waals surface area contributed by atoms with Crippen LogP contribution in [0.1, 0.15) is 64.0 Å². The van der Waals surface area contributed by atoms with E-state index in [-0.39, 0.29) is 17.5 Å². The maximum atomic E-state index is 13.0. The number of carboxylic acid groups (broad SMARTS) is 1. The summed E-state index contributed by atoms with van der Waals surface area (Å²) in [5.41, 5.74) is 2.85. The van der Waals surface area contributed by atoms with Gasteiger partial charge in [0.1, 0.15) is 5.56 Å². The summed E-state index contributed by atoms with van der Waals surface area (Å²) in [7, 11) is 5.34. The predicted molar refractivity (Wildman–Crippen MR) is 136 cm³/mol. The number of aromatic carboxylic acids is 1. The molecule has 1 unspecified atom stereocenters. The van der Waals surface area contributed by atoms with Crippen LogP contribution in [0.3, 0.4) is 0 Å². The van der Waals surface area contributed by atoms with Gasteiger partial charge in [-0.25, -0.2) is 4.79 Å². The van der Waals surface area contributed by atoms with Crippen LogP contribution in [0, 0.1) is 0 Å². The second-order valence-corrected chi connectivity index (χ2v) is 10.8. The van der Waals surface area contributed by atoms with Crippen molar-refractivity contribution in [3.63, 3.8) is 0 Å². The van der Waals surface area contributed by atoms with Crippen molar-refractivity contribution in [3.05, 3.63) is 50.1 Å². The minimum Gasteiger partial charge on any atom is -0.494 e. The zero-order valence-electron chi connectivity index (χ0n) is 20.1. The number of ether oxygens (including phenoxy) is 1. The highest BCUT2D eigenvalue weighted by atomic mass is 32.1. The Labute approximate surface area is 206 Å². The van der Waals surface area contributed by atoms with Crippen LogP contribution >= 0.6 is 11.3 Å². The molecule has 1 saturated carbocycles. The third kappa shape index (κ3) is 4.34. The number of fused-ring (bicyclic) bond motifs is 2. The van der Waals surface area contributed by atoms with Gasteiger partial charge in [-0.2, -0.15) is 0 Å². The number of thiophene rings is 1. The third-order valence-corrected chi connectivity index (χ3v) is 8.00. The number of pyridine rings is 1. The topological polar surface area (TPSA) is 112 Å². The first-order valence-electron chi connectivity index (χ1n) is 11.8. The molecule has 2 aliphatic rings. The largest absolute Gasteiger partial charge is 0.494 e. The summed E-state index contributed by atoms with van der Waals surface area (Å²) < 4.78 is 5.87. The van der Waals surface area contributed by atoms with Crippen LogP contribution in [0.4, 0.5) is 0 Å². The average molecular weight is 496 g/mol. The van der Waals surface area contributed by atoms with Gasteiger partial charge in [-0.05, 0) is 75.4 Å². The fourth-order valence-electron chi connectivity index (χ4n) is 5.04. The number of H-pyrrole nitrogens is 1. The molecule has 3 N–H and O–H groups in total. The van der Waals surface area contributed by atoms with Crippen molar-refractivity contribution >= 4 is 34.1 Å². The van der Waals surface area contributed by atoms with Crippen LogP contribution in [-0.2, 0) is 11.2 Å². The number of likely N-dealkylation sites (N-methyl/N-ethyl adjacent to an activating group) is 1. The summed E-state index contributed by atoms with van der Waals surface area (Å²) in [5.74, 6) is -0.372. The first-order chi connectivity index (χ1) is 16.8. The maximum Gasteiger partial charge on any atom is 0.341 e. The lowest BCUT2D eigenvalue weighted by atomic mass is 9.92. The Bertz CT molecular complexity index is 1390. The average Bonchev–Trinajstić information content (AvgIpc) is 3.55. The number of hydrogen-bond acceptors (Lipinski definition) is 6.